The van der Waals surface area contributed by atoms with E-state index in [2.05, 4.69) is 21.9 Å². The van der Waals surface area contributed by atoms with Gasteiger partial charge in [-0.15, -0.1) is 0 Å². The molecule has 2 saturated carbocycles. The van der Waals surface area contributed by atoms with Crippen molar-refractivity contribution in [3.8, 4) is 17.4 Å². The van der Waals surface area contributed by atoms with Crippen molar-refractivity contribution < 1.29 is 41.4 Å². The van der Waals surface area contributed by atoms with Gasteiger partial charge in [-0.1, -0.05) is 26.0 Å². The highest BCUT2D eigenvalue weighted by atomic mass is 32.2. The maximum absolute atomic E-state index is 14.1. The Bertz CT molecular complexity index is 1800. The second kappa shape index (κ2) is 12.7. The van der Waals surface area contributed by atoms with Gasteiger partial charge in [-0.3, -0.25) is 19.1 Å². The van der Waals surface area contributed by atoms with Crippen LogP contribution in [0.4, 0.5) is 4.39 Å². The molecule has 1 saturated heterocycles. The number of benzene rings is 1. The lowest BCUT2D eigenvalue weighted by Gasteiger charge is -2.28. The number of allylic oxidation sites excluding steroid dienone is 1. The zero-order valence-electron chi connectivity index (χ0n) is 27.8. The van der Waals surface area contributed by atoms with Crippen LogP contribution in [0.3, 0.4) is 0 Å². The van der Waals surface area contributed by atoms with Gasteiger partial charge in [0.2, 0.25) is 27.7 Å². The van der Waals surface area contributed by atoms with Crippen LogP contribution in [-0.2, 0) is 24.4 Å². The van der Waals surface area contributed by atoms with Gasteiger partial charge < -0.3 is 24.4 Å². The Balaban J connectivity index is 1.16. The Hall–Kier alpha value is -3.94. The van der Waals surface area contributed by atoms with Crippen molar-refractivity contribution >= 4 is 38.5 Å². The number of ether oxygens (including phenoxy) is 3. The van der Waals surface area contributed by atoms with Crippen LogP contribution >= 0.6 is 0 Å². The average Bonchev–Trinajstić information content (AvgIpc) is 3.97. The minimum absolute atomic E-state index is 0.0781. The Morgan fingerprint density at radius 3 is 2.69 bits per heavy atom. The van der Waals surface area contributed by atoms with E-state index in [0.717, 1.165) is 24.6 Å². The van der Waals surface area contributed by atoms with E-state index in [9.17, 15) is 27.2 Å². The molecule has 0 radical (unpaired) electrons. The number of fused-ring (bicyclic) bond motifs is 5. The van der Waals surface area contributed by atoms with Crippen molar-refractivity contribution in [2.24, 2.45) is 17.8 Å². The fourth-order valence-corrected chi connectivity index (χ4v) is 8.99. The predicted molar refractivity (Wildman–Crippen MR) is 177 cm³/mol. The lowest BCUT2D eigenvalue weighted by atomic mass is 9.91. The molecule has 7 rings (SSSR count). The summed E-state index contributed by atoms with van der Waals surface area (Å²) in [5.41, 5.74) is -1.54. The molecule has 2 aromatic rings. The van der Waals surface area contributed by atoms with Crippen LogP contribution in [-0.4, -0.2) is 84.9 Å². The van der Waals surface area contributed by atoms with Crippen LogP contribution in [0.15, 0.2) is 36.5 Å². The van der Waals surface area contributed by atoms with Crippen molar-refractivity contribution in [2.45, 2.75) is 87.6 Å². The van der Waals surface area contributed by atoms with E-state index >= 15 is 0 Å². The molecule has 1 aromatic carbocycles. The Morgan fingerprint density at radius 1 is 1.12 bits per heavy atom. The molecule has 49 heavy (non-hydrogen) atoms. The largest absolute Gasteiger partial charge is 0.486 e. The van der Waals surface area contributed by atoms with Gasteiger partial charge in [-0.2, -0.15) is 0 Å². The summed E-state index contributed by atoms with van der Waals surface area (Å²) in [6.07, 6.45) is 8.09. The number of nitrogens with zero attached hydrogens (tertiary/aromatic N) is 2. The molecule has 3 aliphatic heterocycles. The summed E-state index contributed by atoms with van der Waals surface area (Å²) in [5.74, 6) is -0.140. The van der Waals surface area contributed by atoms with Crippen LogP contribution in [0.2, 0.25) is 0 Å². The number of pyridine rings is 1. The number of hydrogen-bond donors (Lipinski definition) is 2. The van der Waals surface area contributed by atoms with E-state index in [4.69, 9.17) is 14.2 Å². The first-order chi connectivity index (χ1) is 23.4. The zero-order chi connectivity index (χ0) is 34.6. The smallest absolute Gasteiger partial charge is 0.259 e. The van der Waals surface area contributed by atoms with Crippen LogP contribution in [0.5, 0.6) is 17.4 Å². The molecule has 0 spiro atoms. The highest BCUT2D eigenvalue weighted by molar-refractivity contribution is 7.91. The Morgan fingerprint density at radius 2 is 1.92 bits per heavy atom. The third-order valence-electron chi connectivity index (χ3n) is 10.7. The number of sulfonamides is 1. The monoisotopic (exact) mass is 698 g/mol. The Labute approximate surface area is 285 Å². The maximum Gasteiger partial charge on any atom is 0.259 e. The molecule has 5 aliphatic rings. The highest BCUT2D eigenvalue weighted by Crippen LogP contribution is 2.48. The quantitative estimate of drug-likeness (QED) is 0.431. The average molecular weight is 699 g/mol. The minimum atomic E-state index is -4.31. The van der Waals surface area contributed by atoms with Crippen molar-refractivity contribution in [1.82, 2.24) is 19.9 Å². The van der Waals surface area contributed by atoms with Crippen molar-refractivity contribution in [3.05, 3.63) is 36.5 Å². The van der Waals surface area contributed by atoms with E-state index in [1.807, 2.05) is 31.2 Å². The summed E-state index contributed by atoms with van der Waals surface area (Å²) in [6, 6.07) is 4.48. The van der Waals surface area contributed by atoms with E-state index in [0.29, 0.717) is 41.9 Å². The lowest BCUT2D eigenvalue weighted by molar-refractivity contribution is -0.140. The fourth-order valence-electron chi connectivity index (χ4n) is 7.56. The molecular formula is C35H43FN4O8S. The van der Waals surface area contributed by atoms with Gasteiger partial charge in [0.25, 0.3) is 5.91 Å². The number of amides is 3. The molecule has 6 atom stereocenters. The zero-order valence-corrected chi connectivity index (χ0v) is 28.6. The number of hydrogen-bond acceptors (Lipinski definition) is 9. The van der Waals surface area contributed by atoms with Gasteiger partial charge in [-0.25, -0.2) is 17.8 Å². The normalized spacial score (nSPS) is 31.7. The molecule has 3 fully saturated rings. The van der Waals surface area contributed by atoms with E-state index in [1.165, 1.54) is 4.90 Å². The highest BCUT2D eigenvalue weighted by Gasteiger charge is 2.64. The van der Waals surface area contributed by atoms with Gasteiger partial charge in [0.05, 0.1) is 6.54 Å². The molecule has 2 N–H and O–H groups in total. The molecule has 2 aliphatic carbocycles. The molecule has 4 heterocycles. The van der Waals surface area contributed by atoms with Gasteiger partial charge in [-0.05, 0) is 68.6 Å². The van der Waals surface area contributed by atoms with Crippen molar-refractivity contribution in [3.63, 3.8) is 0 Å². The number of halogens is 1. The molecule has 14 heteroatoms. The summed E-state index contributed by atoms with van der Waals surface area (Å²) >= 11 is 0. The summed E-state index contributed by atoms with van der Waals surface area (Å²) in [5, 5.41) is 4.32. The number of carbonyl (C=O) groups excluding carboxylic acids is 3. The summed E-state index contributed by atoms with van der Waals surface area (Å²) in [6.45, 7) is 4.07. The standard InChI is InChI=1S/C35H43FN4O8S/c1-21-5-3-4-6-23-18-35(23,33(43)39-49(44,45)34(20-36)10-11-34)38-31(42)27-17-24(19-40(27)29(41)16-22(2)15-21)48-32-26-7-8-28-30(47-14-13-46-28)25(26)9-12-37-32/h4,6-9,12,21-24,27H,3,5,10-11,13-20H2,1-2H3,(H,38,42)(H,39,43)/b6-4-/t21-,22+,23+,24+,27-,35+/m0/s1. The number of carbonyl (C=O) groups is 3. The van der Waals surface area contributed by atoms with Crippen molar-refractivity contribution in [1.29, 1.82) is 0 Å². The fraction of sp³-hybridized carbons (Fsp3) is 0.600. The number of rotatable bonds is 6. The molecule has 12 nitrogen and oxygen atoms in total. The number of alkyl halides is 1. The van der Waals surface area contributed by atoms with Gasteiger partial charge in [0.15, 0.2) is 11.5 Å². The SMILES string of the molecule is C[C@H]1CC/C=C\[C@@H]2C[C@@]2(C(=O)NS(=O)(=O)C2(CF)CC2)NC(=O)[C@@H]2C[C@@H](Oc3nccc4c5c(ccc34)OCCO5)CN2C(=O)C[C@H](C)C1. The van der Waals surface area contributed by atoms with Crippen LogP contribution < -0.4 is 24.2 Å². The summed E-state index contributed by atoms with van der Waals surface area (Å²) in [4.78, 5) is 47.7. The minimum Gasteiger partial charge on any atom is -0.486 e. The Kier molecular flexibility index (Phi) is 8.73. The molecule has 0 unspecified atom stereocenters. The lowest BCUT2D eigenvalue weighted by Crippen LogP contribution is -2.57. The first kappa shape index (κ1) is 33.6. The second-order valence-corrected chi connectivity index (χ2v) is 16.6. The van der Waals surface area contributed by atoms with Gasteiger partial charge in [0, 0.05) is 35.7 Å². The third-order valence-corrected chi connectivity index (χ3v) is 12.8. The number of nitrogens with one attached hydrogen (secondary N) is 2. The third kappa shape index (κ3) is 6.32. The molecule has 264 valence electrons. The van der Waals surface area contributed by atoms with Crippen LogP contribution in [0.25, 0.3) is 10.8 Å². The molecule has 1 aromatic heterocycles. The van der Waals surface area contributed by atoms with Gasteiger partial charge in [0.1, 0.15) is 42.3 Å². The molecular weight excluding hydrogens is 655 g/mol. The summed E-state index contributed by atoms with van der Waals surface area (Å²) in [7, 11) is -4.31. The number of aromatic nitrogens is 1. The molecule has 3 amide bonds. The second-order valence-electron chi connectivity index (χ2n) is 14.5. The molecule has 0 bridgehead atoms. The van der Waals surface area contributed by atoms with Crippen LogP contribution in [0.1, 0.15) is 65.2 Å². The summed E-state index contributed by atoms with van der Waals surface area (Å²) < 4.78 is 58.3. The van der Waals surface area contributed by atoms with E-state index in [1.54, 1.807) is 12.3 Å². The predicted octanol–water partition coefficient (Wildman–Crippen LogP) is 3.58. The first-order valence-corrected chi connectivity index (χ1v) is 18.7. The maximum atomic E-state index is 14.1. The first-order valence-electron chi connectivity index (χ1n) is 17.2. The van der Waals surface area contributed by atoms with E-state index in [-0.39, 0.29) is 50.5 Å². The van der Waals surface area contributed by atoms with E-state index < -0.39 is 56.9 Å². The van der Waals surface area contributed by atoms with Crippen molar-refractivity contribution in [2.75, 3.05) is 26.4 Å². The topological polar surface area (TPSA) is 153 Å². The van der Waals surface area contributed by atoms with Crippen LogP contribution in [0, 0.1) is 17.8 Å². The van der Waals surface area contributed by atoms with Gasteiger partial charge >= 0.3 is 0 Å².